The van der Waals surface area contributed by atoms with Gasteiger partial charge < -0.3 is 15.3 Å². The van der Waals surface area contributed by atoms with Crippen LogP contribution >= 0.6 is 0 Å². The third-order valence-corrected chi connectivity index (χ3v) is 9.13. The summed E-state index contributed by atoms with van der Waals surface area (Å²) in [5, 5.41) is 30.5. The molecule has 0 heterocycles. The van der Waals surface area contributed by atoms with Crippen LogP contribution < -0.4 is 0 Å². The minimum Gasteiger partial charge on any atom is -0.393 e. The number of rotatable bonds is 7. The van der Waals surface area contributed by atoms with Crippen LogP contribution in [0.3, 0.4) is 0 Å². The van der Waals surface area contributed by atoms with E-state index in [0.29, 0.717) is 30.1 Å². The number of hydrogen-bond donors (Lipinski definition) is 3. The molecule has 0 radical (unpaired) electrons. The molecule has 0 aromatic heterocycles. The summed E-state index contributed by atoms with van der Waals surface area (Å²) in [4.78, 5) is 0. The van der Waals surface area contributed by atoms with Crippen molar-refractivity contribution in [2.75, 3.05) is 0 Å². The third-order valence-electron chi connectivity index (χ3n) is 9.13. The summed E-state index contributed by atoms with van der Waals surface area (Å²) in [6.45, 7) is 13.1. The second-order valence-corrected chi connectivity index (χ2v) is 11.4. The molecule has 3 nitrogen and oxygen atoms in total. The first kappa shape index (κ1) is 24.7. The molecule has 3 aliphatic carbocycles. The van der Waals surface area contributed by atoms with E-state index < -0.39 is 17.8 Å². The fraction of sp³-hybridized carbons (Fsp3) is 0.786. The minimum absolute atomic E-state index is 0.373. The van der Waals surface area contributed by atoms with E-state index in [-0.39, 0.29) is 0 Å². The SMILES string of the molecule is C=C1/C(=C\C=C2/CCC[C@@]3(C)[C@H]2CC[C@H]3[C@H](C)CCCC(C)(O)CC)C[C@H](O)C[C@H]1O. The number of aliphatic hydroxyl groups excluding tert-OH is 2. The van der Waals surface area contributed by atoms with Crippen molar-refractivity contribution in [2.24, 2.45) is 23.2 Å². The molecule has 3 heteroatoms. The van der Waals surface area contributed by atoms with E-state index in [9.17, 15) is 15.3 Å². The Labute approximate surface area is 190 Å². The van der Waals surface area contributed by atoms with E-state index in [1.807, 2.05) is 6.92 Å². The first-order valence-electron chi connectivity index (χ1n) is 12.7. The molecule has 0 saturated heterocycles. The van der Waals surface area contributed by atoms with Gasteiger partial charge in [-0.3, -0.25) is 0 Å². The third kappa shape index (κ3) is 5.54. The number of allylic oxidation sites excluding steroid dienone is 3. The Kier molecular flexibility index (Phi) is 7.92. The standard InChI is InChI=1S/C28H46O3/c1-6-27(4,31)15-7-9-19(2)24-13-14-25-21(10-8-16-28(24,25)5)11-12-22-17-23(29)18-26(30)20(22)3/h11-12,19,23-26,29-31H,3,6-10,13-18H2,1-2,4-5H3/b21-11+,22-12-/t19-,23+,24+,25+,26-,27?,28-/m1/s1. The Balaban J connectivity index is 1.68. The molecule has 1 unspecified atom stereocenters. The van der Waals surface area contributed by atoms with Crippen molar-refractivity contribution in [3.63, 3.8) is 0 Å². The Morgan fingerprint density at radius 2 is 2.00 bits per heavy atom. The molecule has 0 aromatic carbocycles. The van der Waals surface area contributed by atoms with E-state index in [0.717, 1.165) is 36.3 Å². The highest BCUT2D eigenvalue weighted by Gasteiger charge is 2.50. The molecule has 0 spiro atoms. The summed E-state index contributed by atoms with van der Waals surface area (Å²) in [5.41, 5.74) is 3.21. The fourth-order valence-electron chi connectivity index (χ4n) is 6.86. The first-order chi connectivity index (χ1) is 14.6. The van der Waals surface area contributed by atoms with Crippen LogP contribution in [0.5, 0.6) is 0 Å². The van der Waals surface area contributed by atoms with Crippen molar-refractivity contribution in [1.29, 1.82) is 0 Å². The molecule has 31 heavy (non-hydrogen) atoms. The smallest absolute Gasteiger partial charge is 0.0811 e. The molecule has 3 N–H and O–H groups in total. The predicted octanol–water partition coefficient (Wildman–Crippen LogP) is 6.09. The predicted molar refractivity (Wildman–Crippen MR) is 129 cm³/mol. The zero-order valence-corrected chi connectivity index (χ0v) is 20.4. The Morgan fingerprint density at radius 1 is 1.26 bits per heavy atom. The van der Waals surface area contributed by atoms with Gasteiger partial charge in [0, 0.05) is 6.42 Å². The number of hydrogen-bond acceptors (Lipinski definition) is 3. The van der Waals surface area contributed by atoms with Crippen molar-refractivity contribution < 1.29 is 15.3 Å². The summed E-state index contributed by atoms with van der Waals surface area (Å²) in [6.07, 6.45) is 14.7. The summed E-state index contributed by atoms with van der Waals surface area (Å²) in [5.74, 6) is 2.11. The Bertz CT molecular complexity index is 703. The molecular weight excluding hydrogens is 384 g/mol. The highest BCUT2D eigenvalue weighted by molar-refractivity contribution is 5.38. The van der Waals surface area contributed by atoms with E-state index in [4.69, 9.17) is 0 Å². The monoisotopic (exact) mass is 430 g/mol. The lowest BCUT2D eigenvalue weighted by Crippen LogP contribution is -2.36. The molecule has 7 atom stereocenters. The number of fused-ring (bicyclic) bond motifs is 1. The lowest BCUT2D eigenvalue weighted by atomic mass is 9.60. The van der Waals surface area contributed by atoms with Crippen molar-refractivity contribution in [3.8, 4) is 0 Å². The summed E-state index contributed by atoms with van der Waals surface area (Å²) >= 11 is 0. The van der Waals surface area contributed by atoms with Gasteiger partial charge in [-0.15, -0.1) is 0 Å². The molecule has 3 rings (SSSR count). The van der Waals surface area contributed by atoms with Gasteiger partial charge in [0.15, 0.2) is 0 Å². The zero-order chi connectivity index (χ0) is 22.8. The second-order valence-electron chi connectivity index (χ2n) is 11.4. The Morgan fingerprint density at radius 3 is 2.71 bits per heavy atom. The Hall–Kier alpha value is -0.900. The van der Waals surface area contributed by atoms with Crippen molar-refractivity contribution in [1.82, 2.24) is 0 Å². The topological polar surface area (TPSA) is 60.7 Å². The lowest BCUT2D eigenvalue weighted by Gasteiger charge is -2.44. The fourth-order valence-corrected chi connectivity index (χ4v) is 6.86. The van der Waals surface area contributed by atoms with Crippen LogP contribution in [-0.2, 0) is 0 Å². The maximum Gasteiger partial charge on any atom is 0.0811 e. The van der Waals surface area contributed by atoms with Gasteiger partial charge in [-0.1, -0.05) is 57.9 Å². The molecule has 3 saturated carbocycles. The van der Waals surface area contributed by atoms with Gasteiger partial charge in [0.1, 0.15) is 0 Å². The van der Waals surface area contributed by atoms with Gasteiger partial charge in [0.2, 0.25) is 0 Å². The van der Waals surface area contributed by atoms with Gasteiger partial charge in [-0.2, -0.15) is 0 Å². The molecular formula is C28H46O3. The van der Waals surface area contributed by atoms with Gasteiger partial charge in [-0.25, -0.2) is 0 Å². The van der Waals surface area contributed by atoms with Crippen molar-refractivity contribution in [3.05, 3.63) is 35.5 Å². The highest BCUT2D eigenvalue weighted by atomic mass is 16.3. The average molecular weight is 431 g/mol. The largest absolute Gasteiger partial charge is 0.393 e. The van der Waals surface area contributed by atoms with Crippen LogP contribution in [-0.4, -0.2) is 33.1 Å². The maximum atomic E-state index is 10.3. The van der Waals surface area contributed by atoms with Crippen molar-refractivity contribution >= 4 is 0 Å². The summed E-state index contributed by atoms with van der Waals surface area (Å²) in [6, 6.07) is 0. The van der Waals surface area contributed by atoms with E-state index in [1.54, 1.807) is 5.57 Å². The van der Waals surface area contributed by atoms with E-state index in [1.165, 1.54) is 38.5 Å². The van der Waals surface area contributed by atoms with Crippen LogP contribution in [0.4, 0.5) is 0 Å². The van der Waals surface area contributed by atoms with Gasteiger partial charge in [0.05, 0.1) is 17.8 Å². The van der Waals surface area contributed by atoms with Gasteiger partial charge >= 0.3 is 0 Å². The summed E-state index contributed by atoms with van der Waals surface area (Å²) < 4.78 is 0. The molecule has 0 aliphatic heterocycles. The van der Waals surface area contributed by atoms with E-state index in [2.05, 4.69) is 39.5 Å². The number of aliphatic hydroxyl groups is 3. The van der Waals surface area contributed by atoms with Gasteiger partial charge in [0.25, 0.3) is 0 Å². The molecule has 0 aromatic rings. The van der Waals surface area contributed by atoms with E-state index >= 15 is 0 Å². The van der Waals surface area contributed by atoms with Crippen LogP contribution in [0, 0.1) is 23.2 Å². The zero-order valence-electron chi connectivity index (χ0n) is 20.4. The quantitative estimate of drug-likeness (QED) is 0.458. The van der Waals surface area contributed by atoms with Crippen LogP contribution in [0.25, 0.3) is 0 Å². The average Bonchev–Trinajstić information content (AvgIpc) is 3.07. The van der Waals surface area contributed by atoms with Crippen molar-refractivity contribution in [2.45, 2.75) is 116 Å². The molecule has 0 amide bonds. The van der Waals surface area contributed by atoms with Crippen LogP contribution in [0.1, 0.15) is 98.3 Å². The molecule has 176 valence electrons. The highest BCUT2D eigenvalue weighted by Crippen LogP contribution is 2.60. The molecule has 3 aliphatic rings. The lowest BCUT2D eigenvalue weighted by molar-refractivity contribution is 0.0393. The van der Waals surface area contributed by atoms with Gasteiger partial charge in [-0.05, 0) is 92.6 Å². The second kappa shape index (κ2) is 9.93. The molecule has 3 fully saturated rings. The normalized spacial score (nSPS) is 39.5. The summed E-state index contributed by atoms with van der Waals surface area (Å²) in [7, 11) is 0. The van der Waals surface area contributed by atoms with Crippen LogP contribution in [0.15, 0.2) is 35.5 Å². The first-order valence-corrected chi connectivity index (χ1v) is 12.7. The maximum absolute atomic E-state index is 10.3. The van der Waals surface area contributed by atoms with Crippen LogP contribution in [0.2, 0.25) is 0 Å². The molecule has 0 bridgehead atoms. The minimum atomic E-state index is -0.616.